The van der Waals surface area contributed by atoms with Gasteiger partial charge >= 0.3 is 12.0 Å². The summed E-state index contributed by atoms with van der Waals surface area (Å²) in [5.74, 6) is 0.349. The highest BCUT2D eigenvalue weighted by Gasteiger charge is 2.08. The zero-order valence-electron chi connectivity index (χ0n) is 15.2. The summed E-state index contributed by atoms with van der Waals surface area (Å²) in [6.45, 7) is 0. The van der Waals surface area contributed by atoms with E-state index in [0.717, 1.165) is 0 Å². The molecule has 0 unspecified atom stereocenters. The molecule has 0 saturated heterocycles. The van der Waals surface area contributed by atoms with Gasteiger partial charge in [0, 0.05) is 18.0 Å². The number of hydrazone groups is 1. The van der Waals surface area contributed by atoms with E-state index in [2.05, 4.69) is 40.7 Å². The van der Waals surface area contributed by atoms with E-state index < -0.39 is 0 Å². The number of hydrogen-bond acceptors (Lipinski definition) is 9. The highest BCUT2D eigenvalue weighted by molar-refractivity contribution is 6.42. The van der Waals surface area contributed by atoms with Gasteiger partial charge in [0.15, 0.2) is 0 Å². The van der Waals surface area contributed by atoms with E-state index in [4.69, 9.17) is 32.7 Å². The van der Waals surface area contributed by atoms with Gasteiger partial charge in [0.2, 0.25) is 5.84 Å². The van der Waals surface area contributed by atoms with Crippen molar-refractivity contribution in [3.05, 3.63) is 58.3 Å². The topological polar surface area (TPSA) is 119 Å². The van der Waals surface area contributed by atoms with E-state index in [1.807, 2.05) is 0 Å². The number of halogens is 2. The van der Waals surface area contributed by atoms with Crippen LogP contribution in [0, 0.1) is 0 Å². The number of benzene rings is 1. The number of azo groups is 1. The van der Waals surface area contributed by atoms with Crippen molar-refractivity contribution < 1.29 is 9.47 Å². The van der Waals surface area contributed by atoms with Crippen LogP contribution in [0.4, 0.5) is 11.6 Å². The number of hydrogen-bond donors (Lipinski definition) is 1. The zero-order valence-corrected chi connectivity index (χ0v) is 16.8. The Morgan fingerprint density at radius 2 is 1.62 bits per heavy atom. The highest BCUT2D eigenvalue weighted by Crippen LogP contribution is 2.26. The molecule has 3 aromatic rings. The fraction of sp³-hybridized carbons (Fsp3) is 0.118. The molecule has 0 amide bonds. The number of pyridine rings is 1. The molecule has 0 spiro atoms. The van der Waals surface area contributed by atoms with Gasteiger partial charge in [-0.1, -0.05) is 23.2 Å². The van der Waals surface area contributed by atoms with Crippen LogP contribution in [0.2, 0.25) is 10.0 Å². The third kappa shape index (κ3) is 5.56. The van der Waals surface area contributed by atoms with E-state index in [-0.39, 0.29) is 23.8 Å². The average molecular weight is 433 g/mol. The maximum atomic E-state index is 6.01. The van der Waals surface area contributed by atoms with Crippen molar-refractivity contribution in [1.82, 2.24) is 19.9 Å². The van der Waals surface area contributed by atoms with E-state index in [9.17, 15) is 0 Å². The molecule has 0 bridgehead atoms. The summed E-state index contributed by atoms with van der Waals surface area (Å²) in [5, 5.41) is 13.4. The van der Waals surface area contributed by atoms with Gasteiger partial charge in [-0.2, -0.15) is 15.1 Å². The molecule has 0 aliphatic carbocycles. The normalized spacial score (nSPS) is 11.5. The molecule has 0 aliphatic rings. The lowest BCUT2D eigenvalue weighted by atomic mass is 10.2. The molecule has 29 heavy (non-hydrogen) atoms. The molecule has 2 aromatic heterocycles. The number of rotatable bonds is 6. The average Bonchev–Trinajstić information content (AvgIpc) is 2.76. The highest BCUT2D eigenvalue weighted by atomic mass is 35.5. The second-order valence-electron chi connectivity index (χ2n) is 5.21. The van der Waals surface area contributed by atoms with Gasteiger partial charge < -0.3 is 9.47 Å². The molecule has 0 aliphatic heterocycles. The lowest BCUT2D eigenvalue weighted by Crippen LogP contribution is -2.06. The lowest BCUT2D eigenvalue weighted by Gasteiger charge is -2.05. The second-order valence-corrected chi connectivity index (χ2v) is 6.03. The van der Waals surface area contributed by atoms with Crippen molar-refractivity contribution >= 4 is 40.7 Å². The molecule has 12 heteroatoms. The van der Waals surface area contributed by atoms with Gasteiger partial charge in [0.25, 0.3) is 5.95 Å². The van der Waals surface area contributed by atoms with E-state index in [1.165, 1.54) is 14.2 Å². The Morgan fingerprint density at radius 3 is 2.24 bits per heavy atom. The Labute approximate surface area is 175 Å². The van der Waals surface area contributed by atoms with Gasteiger partial charge in [-0.3, -0.25) is 4.98 Å². The smallest absolute Gasteiger partial charge is 0.324 e. The van der Waals surface area contributed by atoms with Crippen molar-refractivity contribution in [2.24, 2.45) is 15.3 Å². The van der Waals surface area contributed by atoms with Gasteiger partial charge in [-0.05, 0) is 30.3 Å². The van der Waals surface area contributed by atoms with E-state index in [0.29, 0.717) is 21.3 Å². The van der Waals surface area contributed by atoms with Gasteiger partial charge in [0.1, 0.15) is 0 Å². The zero-order chi connectivity index (χ0) is 20.6. The summed E-state index contributed by atoms with van der Waals surface area (Å²) >= 11 is 11.9. The Bertz CT molecular complexity index is 1020. The maximum Gasteiger partial charge on any atom is 0.324 e. The van der Waals surface area contributed by atoms with Crippen LogP contribution in [0.15, 0.2) is 58.1 Å². The summed E-state index contributed by atoms with van der Waals surface area (Å²) in [7, 11) is 2.85. The molecule has 0 fully saturated rings. The number of amidine groups is 1. The van der Waals surface area contributed by atoms with E-state index in [1.54, 1.807) is 42.7 Å². The maximum absolute atomic E-state index is 6.01. The number of methoxy groups -OCH3 is 2. The Kier molecular flexibility index (Phi) is 6.82. The molecule has 148 valence electrons. The summed E-state index contributed by atoms with van der Waals surface area (Å²) in [6.07, 6.45) is 3.21. The summed E-state index contributed by atoms with van der Waals surface area (Å²) < 4.78 is 10.0. The first kappa shape index (κ1) is 20.4. The molecule has 1 aromatic carbocycles. The molecule has 10 nitrogen and oxygen atoms in total. The van der Waals surface area contributed by atoms with Crippen molar-refractivity contribution in [3.63, 3.8) is 0 Å². The Balaban J connectivity index is 1.91. The SMILES string of the molecule is COc1nc(N/N=C(\N=N\c2ccc(Cl)c(Cl)c2)c2ccncc2)nc(OC)n1. The van der Waals surface area contributed by atoms with Crippen molar-refractivity contribution in [2.45, 2.75) is 0 Å². The van der Waals surface area contributed by atoms with Crippen LogP contribution >= 0.6 is 23.2 Å². The molecule has 0 radical (unpaired) electrons. The first-order valence-corrected chi connectivity index (χ1v) is 8.79. The predicted molar refractivity (Wildman–Crippen MR) is 108 cm³/mol. The van der Waals surface area contributed by atoms with Gasteiger partial charge in [0.05, 0.1) is 30.0 Å². The van der Waals surface area contributed by atoms with Gasteiger partial charge in [-0.25, -0.2) is 5.43 Å². The van der Waals surface area contributed by atoms with Crippen LogP contribution < -0.4 is 14.9 Å². The monoisotopic (exact) mass is 432 g/mol. The van der Waals surface area contributed by atoms with Crippen LogP contribution in [-0.4, -0.2) is 40.0 Å². The standard InChI is InChI=1S/C17H14Cl2N8O2/c1-28-16-21-15(22-17(23-16)29-2)27-26-14(10-5-7-20-8-6-10)25-24-11-3-4-12(18)13(19)9-11/h3-9H,1-2H3,(H,21,22,23,27)/b25-24+,26-14-. The van der Waals surface area contributed by atoms with Crippen LogP contribution in [-0.2, 0) is 0 Å². The Hall–Kier alpha value is -3.37. The predicted octanol–water partition coefficient (Wildman–Crippen LogP) is 4.15. The number of nitrogens with one attached hydrogen (secondary N) is 1. The fourth-order valence-corrected chi connectivity index (χ4v) is 2.26. The van der Waals surface area contributed by atoms with Crippen LogP contribution in [0.25, 0.3) is 0 Å². The molecule has 0 atom stereocenters. The Morgan fingerprint density at radius 1 is 0.931 bits per heavy atom. The largest absolute Gasteiger partial charge is 0.467 e. The second kappa shape index (κ2) is 9.71. The van der Waals surface area contributed by atoms with Crippen LogP contribution in [0.1, 0.15) is 5.56 Å². The summed E-state index contributed by atoms with van der Waals surface area (Å²) in [5.41, 5.74) is 3.85. The molecule has 2 heterocycles. The van der Waals surface area contributed by atoms with Crippen LogP contribution in [0.3, 0.4) is 0 Å². The third-order valence-corrected chi connectivity index (χ3v) is 4.06. The van der Waals surface area contributed by atoms with Crippen LogP contribution in [0.5, 0.6) is 12.0 Å². The minimum absolute atomic E-state index is 0.0671. The number of aromatic nitrogens is 4. The molecule has 3 rings (SSSR count). The third-order valence-electron chi connectivity index (χ3n) is 3.32. The number of nitrogens with zero attached hydrogens (tertiary/aromatic N) is 7. The van der Waals surface area contributed by atoms with Gasteiger partial charge in [-0.15, -0.1) is 15.2 Å². The fourth-order valence-electron chi connectivity index (χ4n) is 1.97. The molecule has 0 saturated carbocycles. The summed E-state index contributed by atoms with van der Waals surface area (Å²) in [4.78, 5) is 16.0. The number of anilines is 1. The van der Waals surface area contributed by atoms with Crippen molar-refractivity contribution in [2.75, 3.05) is 19.6 Å². The first-order chi connectivity index (χ1) is 14.1. The minimum Gasteiger partial charge on any atom is -0.467 e. The quantitative estimate of drug-likeness (QED) is 0.268. The lowest BCUT2D eigenvalue weighted by molar-refractivity contribution is 0.341. The minimum atomic E-state index is 0.0671. The van der Waals surface area contributed by atoms with E-state index >= 15 is 0 Å². The molecular formula is C17H14Cl2N8O2. The first-order valence-electron chi connectivity index (χ1n) is 8.04. The van der Waals surface area contributed by atoms with Crippen molar-refractivity contribution in [1.29, 1.82) is 0 Å². The molecule has 1 N–H and O–H groups in total. The summed E-state index contributed by atoms with van der Waals surface area (Å²) in [6, 6.07) is 8.48. The van der Waals surface area contributed by atoms with Crippen molar-refractivity contribution in [3.8, 4) is 12.0 Å². The number of ether oxygens (including phenoxy) is 2. The molecular weight excluding hydrogens is 419 g/mol.